The van der Waals surface area contributed by atoms with Crippen LogP contribution in [0.15, 0.2) is 282 Å². The third-order valence-electron chi connectivity index (χ3n) is 18.6. The number of hydrogen-bond donors (Lipinski definition) is 0. The summed E-state index contributed by atoms with van der Waals surface area (Å²) >= 11 is 0. The summed E-state index contributed by atoms with van der Waals surface area (Å²) < 4.78 is 25.0. The van der Waals surface area contributed by atoms with Gasteiger partial charge in [-0.15, -0.1) is 0 Å². The van der Waals surface area contributed by atoms with Gasteiger partial charge in [0.25, 0.3) is 0 Å². The van der Waals surface area contributed by atoms with Crippen LogP contribution in [-0.4, -0.2) is 38.3 Å². The molecule has 17 aromatic rings. The van der Waals surface area contributed by atoms with Crippen LogP contribution in [-0.2, 0) is 9.31 Å². The number of para-hydroxylation sites is 2. The van der Waals surface area contributed by atoms with Gasteiger partial charge in [-0.2, -0.15) is 0 Å². The molecule has 0 unspecified atom stereocenters. The second kappa shape index (κ2) is 21.3. The summed E-state index contributed by atoms with van der Waals surface area (Å²) in [7, 11) is -0.401. The molecule has 8 nitrogen and oxygen atoms in total. The largest absolute Gasteiger partial charge is 0.494 e. The topological polar surface area (TPSA) is 96.3 Å². The smallest absolute Gasteiger partial charge is 0.436 e. The fourth-order valence-corrected chi connectivity index (χ4v) is 13.4. The molecule has 0 radical (unpaired) electrons. The fourth-order valence-electron chi connectivity index (χ4n) is 13.4. The molecule has 0 bridgehead atoms. The van der Waals surface area contributed by atoms with Crippen molar-refractivity contribution in [1.29, 1.82) is 0 Å². The van der Waals surface area contributed by atoms with Crippen LogP contribution in [0, 0.1) is 0 Å². The Morgan fingerprint density at radius 3 is 1.16 bits per heavy atom. The molecular weight excluding hydrogens is 1120 g/mol. The zero-order valence-corrected chi connectivity index (χ0v) is 50.5. The van der Waals surface area contributed by atoms with Gasteiger partial charge in [0.1, 0.15) is 11.0 Å². The molecule has 0 spiro atoms. The highest BCUT2D eigenvalue weighted by Crippen LogP contribution is 2.46. The maximum absolute atomic E-state index is 6.32. The average Bonchev–Trinajstić information content (AvgIpc) is 1.59. The Bertz CT molecular complexity index is 5650. The molecule has 13 aromatic carbocycles. The standard InChI is InChI=1S/C50H30N2O.C32H27BN2O3/c1-2-13-34(14-3-1)50-52-49-44(53-50)29-28-42-47(49)41-20-10-11-21-43(41)51-48(42)33-25-23-32(24-26-33)45-37-16-6-8-18-39(37)46(40-19-9-7-17-38(40)45)36-27-22-31-12-4-5-15-35(31)30-36;1-31(2)32(3,4)38-33(37-31)22-16-14-20(15-17-22)28-24-18-19-26-29(27(24)23-12-8-9-13-25(23)34-28)35-30(36-26)21-10-6-5-7-11-21/h1-30H;5-19H,1-4H3. The predicted molar refractivity (Wildman–Crippen MR) is 374 cm³/mol. The molecule has 0 atom stereocenters. The van der Waals surface area contributed by atoms with Crippen molar-refractivity contribution < 1.29 is 18.1 Å². The summed E-state index contributed by atoms with van der Waals surface area (Å²) in [6, 6.07) is 95.2. The van der Waals surface area contributed by atoms with E-state index in [1.54, 1.807) is 0 Å². The van der Waals surface area contributed by atoms with Crippen LogP contribution < -0.4 is 5.46 Å². The third kappa shape index (κ3) is 9.14. The zero-order valence-electron chi connectivity index (χ0n) is 50.5. The van der Waals surface area contributed by atoms with Crippen LogP contribution in [0.5, 0.6) is 0 Å². The number of hydrogen-bond acceptors (Lipinski definition) is 8. The lowest BCUT2D eigenvalue weighted by Gasteiger charge is -2.32. The van der Waals surface area contributed by atoms with Gasteiger partial charge in [-0.1, -0.05) is 206 Å². The Morgan fingerprint density at radius 1 is 0.297 bits per heavy atom. The number of fused-ring (bicyclic) bond motifs is 13. The SMILES string of the molecule is CC1(C)OB(c2ccc(-c3nc4ccccc4c4c3ccc3oc(-c5ccccc5)nc34)cc2)OC1(C)C.c1ccc(-c2nc3c(ccc4c(-c5ccc(-c6c7ccccc7c(-c7ccc8ccccc8c7)c7ccccc67)cc5)nc5ccccc5c43)o2)cc1. The molecule has 0 saturated carbocycles. The van der Waals surface area contributed by atoms with E-state index in [-0.39, 0.29) is 11.2 Å². The first kappa shape index (κ1) is 54.1. The second-order valence-electron chi connectivity index (χ2n) is 24.6. The van der Waals surface area contributed by atoms with Crippen molar-refractivity contribution in [3.63, 3.8) is 0 Å². The van der Waals surface area contributed by atoms with Crippen LogP contribution in [0.1, 0.15) is 27.7 Å². The monoisotopic (exact) mass is 1170 g/mol. The maximum Gasteiger partial charge on any atom is 0.494 e. The Hall–Kier alpha value is -11.1. The number of aromatic nitrogens is 4. The first-order valence-corrected chi connectivity index (χ1v) is 30.9. The number of benzene rings is 13. The molecular formula is C82H57BN4O4. The molecule has 0 aliphatic carbocycles. The molecule has 432 valence electrons. The molecule has 5 heterocycles. The molecule has 91 heavy (non-hydrogen) atoms. The zero-order chi connectivity index (χ0) is 61.0. The van der Waals surface area contributed by atoms with E-state index in [1.165, 1.54) is 54.6 Å². The van der Waals surface area contributed by atoms with Gasteiger partial charge >= 0.3 is 7.12 Å². The van der Waals surface area contributed by atoms with Crippen molar-refractivity contribution >= 4 is 110 Å². The van der Waals surface area contributed by atoms with E-state index in [1.807, 2.05) is 97.1 Å². The minimum atomic E-state index is -0.401. The van der Waals surface area contributed by atoms with E-state index in [9.17, 15) is 0 Å². The van der Waals surface area contributed by atoms with Gasteiger partial charge in [-0.05, 0) is 154 Å². The first-order chi connectivity index (χ1) is 44.6. The van der Waals surface area contributed by atoms with Gasteiger partial charge in [-0.25, -0.2) is 19.9 Å². The molecule has 0 amide bonds. The Labute approximate surface area is 525 Å². The summed E-state index contributed by atoms with van der Waals surface area (Å²) in [5, 5.41) is 13.8. The van der Waals surface area contributed by atoms with Crippen LogP contribution >= 0.6 is 0 Å². The average molecular weight is 1170 g/mol. The van der Waals surface area contributed by atoms with Crippen molar-refractivity contribution in [2.45, 2.75) is 38.9 Å². The van der Waals surface area contributed by atoms with E-state index < -0.39 is 7.12 Å². The summed E-state index contributed by atoms with van der Waals surface area (Å²) in [5.41, 5.74) is 16.0. The molecule has 1 aliphatic rings. The molecule has 4 aromatic heterocycles. The van der Waals surface area contributed by atoms with E-state index in [4.69, 9.17) is 38.1 Å². The Morgan fingerprint density at radius 2 is 0.681 bits per heavy atom. The third-order valence-corrected chi connectivity index (χ3v) is 18.6. The van der Waals surface area contributed by atoms with Crippen LogP contribution in [0.3, 0.4) is 0 Å². The van der Waals surface area contributed by atoms with E-state index >= 15 is 0 Å². The van der Waals surface area contributed by atoms with E-state index in [0.29, 0.717) is 11.8 Å². The van der Waals surface area contributed by atoms with Crippen molar-refractivity contribution in [1.82, 2.24) is 19.9 Å². The fraction of sp³-hybridized carbons (Fsp3) is 0.0732. The minimum Gasteiger partial charge on any atom is -0.436 e. The van der Waals surface area contributed by atoms with Gasteiger partial charge in [0, 0.05) is 54.6 Å². The molecule has 0 N–H and O–H groups in total. The molecule has 1 fully saturated rings. The summed E-state index contributed by atoms with van der Waals surface area (Å²) in [6.45, 7) is 8.28. The van der Waals surface area contributed by atoms with Crippen molar-refractivity contribution in [2.24, 2.45) is 0 Å². The molecule has 1 aliphatic heterocycles. The summed E-state index contributed by atoms with van der Waals surface area (Å²) in [4.78, 5) is 20.4. The lowest BCUT2D eigenvalue weighted by Crippen LogP contribution is -2.41. The van der Waals surface area contributed by atoms with Crippen LogP contribution in [0.2, 0.25) is 0 Å². The second-order valence-corrected chi connectivity index (χ2v) is 24.6. The molecule has 9 heteroatoms. The lowest BCUT2D eigenvalue weighted by atomic mass is 9.78. The number of pyridine rings is 2. The van der Waals surface area contributed by atoms with Crippen molar-refractivity contribution in [3.05, 3.63) is 273 Å². The lowest BCUT2D eigenvalue weighted by molar-refractivity contribution is 0.00578. The highest BCUT2D eigenvalue weighted by molar-refractivity contribution is 6.62. The maximum atomic E-state index is 6.32. The Balaban J connectivity index is 0.000000148. The molecule has 18 rings (SSSR count). The number of nitrogens with zero attached hydrogens (tertiary/aromatic N) is 4. The van der Waals surface area contributed by atoms with Crippen molar-refractivity contribution in [2.75, 3.05) is 0 Å². The van der Waals surface area contributed by atoms with Crippen LogP contribution in [0.25, 0.3) is 166 Å². The quantitative estimate of drug-likeness (QED) is 0.0885. The number of rotatable bonds is 7. The van der Waals surface area contributed by atoms with Gasteiger partial charge in [0.05, 0.1) is 33.6 Å². The summed E-state index contributed by atoms with van der Waals surface area (Å²) in [6.07, 6.45) is 0. The normalized spacial score (nSPS) is 13.8. The van der Waals surface area contributed by atoms with Gasteiger partial charge in [0.15, 0.2) is 11.2 Å². The highest BCUT2D eigenvalue weighted by atomic mass is 16.7. The van der Waals surface area contributed by atoms with E-state index in [0.717, 1.165) is 105 Å². The van der Waals surface area contributed by atoms with Gasteiger partial charge in [0.2, 0.25) is 11.8 Å². The predicted octanol–water partition coefficient (Wildman–Crippen LogP) is 20.8. The van der Waals surface area contributed by atoms with Gasteiger partial charge in [-0.3, -0.25) is 0 Å². The highest BCUT2D eigenvalue weighted by Gasteiger charge is 2.51. The number of oxazole rings is 2. The van der Waals surface area contributed by atoms with Crippen molar-refractivity contribution in [3.8, 4) is 67.7 Å². The minimum absolute atomic E-state index is 0.381. The Kier molecular flexibility index (Phi) is 12.7. The molecule has 1 saturated heterocycles. The first-order valence-electron chi connectivity index (χ1n) is 30.9. The van der Waals surface area contributed by atoms with Crippen LogP contribution in [0.4, 0.5) is 0 Å². The van der Waals surface area contributed by atoms with E-state index in [2.05, 4.69) is 204 Å². The summed E-state index contributed by atoms with van der Waals surface area (Å²) in [5.74, 6) is 1.23. The van der Waals surface area contributed by atoms with Gasteiger partial charge < -0.3 is 18.1 Å².